The molecule has 0 saturated carbocycles. The molecule has 1 N–H and O–H groups in total. The molecule has 1 aliphatic heterocycles. The van der Waals surface area contributed by atoms with E-state index in [9.17, 15) is 18.5 Å². The molecule has 2 atom stereocenters. The summed E-state index contributed by atoms with van der Waals surface area (Å²) in [4.78, 5) is 14.2. The lowest BCUT2D eigenvalue weighted by Gasteiger charge is -2.29. The maximum absolute atomic E-state index is 15.3. The summed E-state index contributed by atoms with van der Waals surface area (Å²) in [6.07, 6.45) is 2.91. The first-order valence-corrected chi connectivity index (χ1v) is 13.4. The van der Waals surface area contributed by atoms with Crippen molar-refractivity contribution in [3.05, 3.63) is 59.4 Å². The van der Waals surface area contributed by atoms with Gasteiger partial charge in [0.25, 0.3) is 15.9 Å². The van der Waals surface area contributed by atoms with Crippen molar-refractivity contribution in [1.29, 1.82) is 5.26 Å². The van der Waals surface area contributed by atoms with Gasteiger partial charge in [-0.05, 0) is 37.0 Å². The molecule has 188 valence electrons. The van der Waals surface area contributed by atoms with Crippen LogP contribution in [0.4, 0.5) is 10.1 Å². The number of unbranched alkanes of at least 4 members (excludes halogenated alkanes) is 1. The van der Waals surface area contributed by atoms with Crippen molar-refractivity contribution >= 4 is 21.6 Å². The quantitative estimate of drug-likeness (QED) is 0.515. The number of nitrogens with zero attached hydrogens (tertiary/aromatic N) is 2. The molecule has 2 aromatic carbocycles. The van der Waals surface area contributed by atoms with E-state index in [2.05, 4.69) is 0 Å². The van der Waals surface area contributed by atoms with Crippen LogP contribution in [-0.2, 0) is 19.6 Å². The minimum atomic E-state index is -4.43. The Kier molecular flexibility index (Phi) is 8.51. The smallest absolute Gasteiger partial charge is 0.265 e. The molecule has 1 saturated heterocycles. The Bertz CT molecular complexity index is 1190. The van der Waals surface area contributed by atoms with Crippen LogP contribution in [0.2, 0.25) is 0 Å². The summed E-state index contributed by atoms with van der Waals surface area (Å²) in [5.74, 6) is -1.43. The number of carbonyl (C=O) groups excluding carboxylic acids is 1. The Morgan fingerprint density at radius 1 is 1.29 bits per heavy atom. The topological polar surface area (TPSA) is 99.5 Å². The van der Waals surface area contributed by atoms with Gasteiger partial charge >= 0.3 is 0 Å². The molecule has 7 nitrogen and oxygen atoms in total. The molecular formula is C26H32FN3O4S. The lowest BCUT2D eigenvalue weighted by Crippen LogP contribution is -2.49. The summed E-state index contributed by atoms with van der Waals surface area (Å²) in [5, 5.41) is 9.72. The molecule has 9 heteroatoms. The van der Waals surface area contributed by atoms with E-state index >= 15 is 4.39 Å². The van der Waals surface area contributed by atoms with E-state index in [0.717, 1.165) is 30.5 Å². The van der Waals surface area contributed by atoms with Gasteiger partial charge in [-0.1, -0.05) is 57.0 Å². The van der Waals surface area contributed by atoms with Gasteiger partial charge in [0.1, 0.15) is 17.5 Å². The number of anilines is 1. The third-order valence-electron chi connectivity index (χ3n) is 6.78. The Morgan fingerprint density at radius 3 is 2.60 bits per heavy atom. The van der Waals surface area contributed by atoms with Crippen LogP contribution >= 0.6 is 0 Å². The molecule has 2 unspecified atom stereocenters. The number of amides is 1. The number of carbonyl (C=O) groups is 1. The van der Waals surface area contributed by atoms with Crippen LogP contribution in [-0.4, -0.2) is 40.1 Å². The fourth-order valence-corrected chi connectivity index (χ4v) is 5.70. The summed E-state index contributed by atoms with van der Waals surface area (Å²) in [6, 6.07) is 13.8. The van der Waals surface area contributed by atoms with Crippen molar-refractivity contribution in [1.82, 2.24) is 4.72 Å². The average Bonchev–Trinajstić information content (AvgIpc) is 3.34. The van der Waals surface area contributed by atoms with E-state index in [0.29, 0.717) is 25.9 Å². The van der Waals surface area contributed by atoms with Crippen LogP contribution < -0.4 is 9.62 Å². The van der Waals surface area contributed by atoms with Gasteiger partial charge in [-0.2, -0.15) is 5.26 Å². The number of nitrogens with one attached hydrogen (secondary N) is 1. The zero-order chi connectivity index (χ0) is 25.6. The van der Waals surface area contributed by atoms with E-state index in [1.807, 2.05) is 48.0 Å². The number of nitriles is 1. The third kappa shape index (κ3) is 5.65. The molecule has 2 aromatic rings. The Morgan fingerprint density at radius 2 is 2.00 bits per heavy atom. The van der Waals surface area contributed by atoms with Crippen molar-refractivity contribution in [2.24, 2.45) is 0 Å². The second-order valence-electron chi connectivity index (χ2n) is 8.85. The standard InChI is InChI=1S/C26H32FN3O4S/c1-4-6-13-26(5-2,34-3)25(31)29-35(32,33)22-15-21(17-28)24(23(27)16-22)30-14-12-20(18-30)19-10-8-7-9-11-19/h7-11,15-16,20H,4-6,12-14,18H2,1-3H3,(H,29,31). The highest BCUT2D eigenvalue weighted by atomic mass is 32.2. The number of rotatable bonds is 10. The molecule has 0 bridgehead atoms. The first-order valence-electron chi connectivity index (χ1n) is 11.9. The van der Waals surface area contributed by atoms with Crippen LogP contribution in [0.15, 0.2) is 47.4 Å². The number of benzene rings is 2. The maximum Gasteiger partial charge on any atom is 0.265 e. The van der Waals surface area contributed by atoms with E-state index in [1.54, 1.807) is 11.8 Å². The summed E-state index contributed by atoms with van der Waals surface area (Å²) >= 11 is 0. The Balaban J connectivity index is 1.87. The largest absolute Gasteiger partial charge is 0.368 e. The van der Waals surface area contributed by atoms with E-state index < -0.39 is 32.2 Å². The average molecular weight is 502 g/mol. The maximum atomic E-state index is 15.3. The molecular weight excluding hydrogens is 469 g/mol. The molecule has 1 amide bonds. The van der Waals surface area contributed by atoms with Gasteiger partial charge in [0.2, 0.25) is 0 Å². The summed E-state index contributed by atoms with van der Waals surface area (Å²) in [7, 11) is -3.06. The molecule has 0 radical (unpaired) electrons. The fraction of sp³-hybridized carbons (Fsp3) is 0.462. The van der Waals surface area contributed by atoms with Crippen molar-refractivity contribution in [2.45, 2.75) is 62.4 Å². The fourth-order valence-electron chi connectivity index (χ4n) is 4.62. The molecule has 0 aromatic heterocycles. The van der Waals surface area contributed by atoms with Gasteiger partial charge in [-0.15, -0.1) is 0 Å². The van der Waals surface area contributed by atoms with Crippen molar-refractivity contribution < 1.29 is 22.3 Å². The number of ether oxygens (including phenoxy) is 1. The van der Waals surface area contributed by atoms with Crippen molar-refractivity contribution in [3.8, 4) is 6.07 Å². The van der Waals surface area contributed by atoms with Crippen LogP contribution in [0.25, 0.3) is 0 Å². The van der Waals surface area contributed by atoms with Crippen LogP contribution in [0.1, 0.15) is 63.0 Å². The van der Waals surface area contributed by atoms with Crippen LogP contribution in [0.5, 0.6) is 0 Å². The Labute approximate surface area is 206 Å². The zero-order valence-electron chi connectivity index (χ0n) is 20.4. The number of halogens is 1. The van der Waals surface area contributed by atoms with Crippen LogP contribution in [0.3, 0.4) is 0 Å². The number of hydrogen-bond acceptors (Lipinski definition) is 6. The van der Waals surface area contributed by atoms with E-state index in [1.165, 1.54) is 7.11 Å². The summed E-state index contributed by atoms with van der Waals surface area (Å²) in [5.41, 5.74) is -0.178. The first-order chi connectivity index (χ1) is 16.7. The third-order valence-corrected chi connectivity index (χ3v) is 8.09. The lowest BCUT2D eigenvalue weighted by atomic mass is 9.93. The SMILES string of the molecule is CCCCC(CC)(OC)C(=O)NS(=O)(=O)c1cc(F)c(N2CCC(c3ccccc3)C2)c(C#N)c1. The monoisotopic (exact) mass is 501 g/mol. The summed E-state index contributed by atoms with van der Waals surface area (Å²) < 4.78 is 48.8. The predicted molar refractivity (Wildman–Crippen MR) is 132 cm³/mol. The first kappa shape index (κ1) is 26.6. The number of hydrogen-bond donors (Lipinski definition) is 1. The van der Waals surface area contributed by atoms with Gasteiger partial charge < -0.3 is 9.64 Å². The molecule has 0 spiro atoms. The highest BCUT2D eigenvalue weighted by Crippen LogP contribution is 2.35. The van der Waals surface area contributed by atoms with Gasteiger partial charge in [-0.3, -0.25) is 4.79 Å². The van der Waals surface area contributed by atoms with Crippen molar-refractivity contribution in [2.75, 3.05) is 25.1 Å². The minimum Gasteiger partial charge on any atom is -0.368 e. The van der Waals surface area contributed by atoms with Gasteiger partial charge in [0.15, 0.2) is 0 Å². The molecule has 0 aliphatic carbocycles. The predicted octanol–water partition coefficient (Wildman–Crippen LogP) is 4.48. The number of methoxy groups -OCH3 is 1. The van der Waals surface area contributed by atoms with Crippen molar-refractivity contribution in [3.63, 3.8) is 0 Å². The minimum absolute atomic E-state index is 0.0824. The Hall–Kier alpha value is -2.96. The highest BCUT2D eigenvalue weighted by Gasteiger charge is 2.39. The van der Waals surface area contributed by atoms with Gasteiger partial charge in [0, 0.05) is 26.1 Å². The number of sulfonamides is 1. The zero-order valence-corrected chi connectivity index (χ0v) is 21.2. The molecule has 3 rings (SSSR count). The van der Waals surface area contributed by atoms with Gasteiger partial charge in [-0.25, -0.2) is 17.5 Å². The second-order valence-corrected chi connectivity index (χ2v) is 10.5. The molecule has 35 heavy (non-hydrogen) atoms. The highest BCUT2D eigenvalue weighted by molar-refractivity contribution is 7.90. The lowest BCUT2D eigenvalue weighted by molar-refractivity contribution is -0.143. The normalized spacial score (nSPS) is 17.6. The van der Waals surface area contributed by atoms with Gasteiger partial charge in [0.05, 0.1) is 16.1 Å². The second kappa shape index (κ2) is 11.2. The van der Waals surface area contributed by atoms with E-state index in [-0.39, 0.29) is 23.6 Å². The van der Waals surface area contributed by atoms with Crippen LogP contribution in [0, 0.1) is 17.1 Å². The molecule has 1 heterocycles. The van der Waals surface area contributed by atoms with E-state index in [4.69, 9.17) is 4.74 Å². The summed E-state index contributed by atoms with van der Waals surface area (Å²) in [6.45, 7) is 4.76. The molecule has 1 aliphatic rings. The molecule has 1 fully saturated rings.